The first-order valence-electron chi connectivity index (χ1n) is 10.4. The zero-order valence-corrected chi connectivity index (χ0v) is 18.6. The van der Waals surface area contributed by atoms with Gasteiger partial charge in [-0.3, -0.25) is 4.79 Å². The molecule has 0 saturated carbocycles. The number of rotatable bonds is 6. The van der Waals surface area contributed by atoms with Crippen molar-refractivity contribution in [3.05, 3.63) is 101 Å². The van der Waals surface area contributed by atoms with Gasteiger partial charge in [-0.25, -0.2) is 0 Å². The second-order valence-corrected chi connectivity index (χ2v) is 7.98. The summed E-state index contributed by atoms with van der Waals surface area (Å²) in [7, 11) is 1.54. The minimum atomic E-state index is -0.256. The zero-order chi connectivity index (χ0) is 22.8. The molecule has 5 nitrogen and oxygen atoms in total. The molecule has 0 aliphatic rings. The largest absolute Gasteiger partial charge is 0.493 e. The maximum atomic E-state index is 12.9. The van der Waals surface area contributed by atoms with Gasteiger partial charge in [0.05, 0.1) is 7.11 Å². The highest BCUT2D eigenvalue weighted by Gasteiger charge is 2.13. The van der Waals surface area contributed by atoms with Crippen LogP contribution in [-0.2, 0) is 6.61 Å². The number of ether oxygens (including phenoxy) is 2. The monoisotopic (exact) mass is 457 g/mol. The number of halogens is 1. The third-order valence-corrected chi connectivity index (χ3v) is 5.62. The summed E-state index contributed by atoms with van der Waals surface area (Å²) >= 11 is 5.92. The maximum absolute atomic E-state index is 12.9. The summed E-state index contributed by atoms with van der Waals surface area (Å²) in [6.07, 6.45) is 0. The second kappa shape index (κ2) is 8.88. The number of methoxy groups -OCH3 is 1. The molecule has 1 N–H and O–H groups in total. The number of nitrogens with one attached hydrogen (secondary N) is 1. The lowest BCUT2D eigenvalue weighted by Gasteiger charge is -2.12. The van der Waals surface area contributed by atoms with Crippen LogP contribution in [0.2, 0.25) is 5.02 Å². The fraction of sp³-hybridized carbons (Fsp3) is 0.0741. The van der Waals surface area contributed by atoms with Gasteiger partial charge in [-0.2, -0.15) is 0 Å². The predicted octanol–water partition coefficient (Wildman–Crippen LogP) is 7.08. The number of benzene rings is 4. The van der Waals surface area contributed by atoms with E-state index >= 15 is 0 Å². The van der Waals surface area contributed by atoms with E-state index in [0.29, 0.717) is 34.4 Å². The zero-order valence-electron chi connectivity index (χ0n) is 17.8. The van der Waals surface area contributed by atoms with Crippen molar-refractivity contribution in [1.29, 1.82) is 0 Å². The van der Waals surface area contributed by atoms with Gasteiger partial charge in [0, 0.05) is 33.1 Å². The molecule has 5 rings (SSSR count). The molecule has 0 atom stereocenters. The summed E-state index contributed by atoms with van der Waals surface area (Å²) in [4.78, 5) is 12.9. The number of para-hydroxylation sites is 1. The number of carbonyl (C=O) groups is 1. The van der Waals surface area contributed by atoms with Crippen LogP contribution in [-0.4, -0.2) is 13.0 Å². The summed E-state index contributed by atoms with van der Waals surface area (Å²) in [5.41, 5.74) is 3.61. The van der Waals surface area contributed by atoms with Crippen molar-refractivity contribution in [2.24, 2.45) is 0 Å². The van der Waals surface area contributed by atoms with Gasteiger partial charge in [0.1, 0.15) is 17.8 Å². The van der Waals surface area contributed by atoms with Crippen molar-refractivity contribution < 1.29 is 18.7 Å². The molecule has 0 bridgehead atoms. The highest BCUT2D eigenvalue weighted by molar-refractivity contribution is 6.30. The Morgan fingerprint density at radius 2 is 1.67 bits per heavy atom. The van der Waals surface area contributed by atoms with Crippen LogP contribution in [0.3, 0.4) is 0 Å². The molecular weight excluding hydrogens is 438 g/mol. The summed E-state index contributed by atoms with van der Waals surface area (Å²) in [6.45, 7) is 0.358. The van der Waals surface area contributed by atoms with Crippen molar-refractivity contribution in [2.45, 2.75) is 6.61 Å². The van der Waals surface area contributed by atoms with Crippen LogP contribution in [0.15, 0.2) is 89.3 Å². The first-order valence-corrected chi connectivity index (χ1v) is 10.8. The van der Waals surface area contributed by atoms with E-state index in [2.05, 4.69) is 5.32 Å². The predicted molar refractivity (Wildman–Crippen MR) is 130 cm³/mol. The van der Waals surface area contributed by atoms with Crippen LogP contribution < -0.4 is 14.8 Å². The highest BCUT2D eigenvalue weighted by atomic mass is 35.5. The van der Waals surface area contributed by atoms with Crippen molar-refractivity contribution in [3.8, 4) is 11.5 Å². The first-order chi connectivity index (χ1) is 16.1. The third-order valence-electron chi connectivity index (χ3n) is 5.37. The smallest absolute Gasteiger partial charge is 0.255 e. The fourth-order valence-corrected chi connectivity index (χ4v) is 3.80. The number of anilines is 1. The van der Waals surface area contributed by atoms with Crippen molar-refractivity contribution >= 4 is 45.1 Å². The van der Waals surface area contributed by atoms with Crippen LogP contribution >= 0.6 is 11.6 Å². The van der Waals surface area contributed by atoms with E-state index in [1.807, 2.05) is 66.7 Å². The van der Waals surface area contributed by atoms with Crippen molar-refractivity contribution in [1.82, 2.24) is 0 Å². The van der Waals surface area contributed by atoms with Gasteiger partial charge in [0.2, 0.25) is 0 Å². The molecular formula is C27H20ClNO4. The van der Waals surface area contributed by atoms with Gasteiger partial charge in [-0.1, -0.05) is 41.9 Å². The lowest BCUT2D eigenvalue weighted by molar-refractivity contribution is 0.102. The van der Waals surface area contributed by atoms with E-state index in [4.69, 9.17) is 25.5 Å². The van der Waals surface area contributed by atoms with Crippen molar-refractivity contribution in [3.63, 3.8) is 0 Å². The Balaban J connectivity index is 1.32. The SMILES string of the molecule is COc1cc(C(=O)Nc2ccc3c(c2)oc2ccccc23)ccc1OCc1ccc(Cl)cc1. The normalized spacial score (nSPS) is 11.0. The lowest BCUT2D eigenvalue weighted by atomic mass is 10.1. The van der Waals surface area contributed by atoms with E-state index in [-0.39, 0.29) is 5.91 Å². The third kappa shape index (κ3) is 4.36. The van der Waals surface area contributed by atoms with Crippen LogP contribution in [0.25, 0.3) is 21.9 Å². The number of amides is 1. The van der Waals surface area contributed by atoms with Gasteiger partial charge in [0.15, 0.2) is 11.5 Å². The molecule has 164 valence electrons. The Morgan fingerprint density at radius 3 is 2.48 bits per heavy atom. The molecule has 0 unspecified atom stereocenters. The van der Waals surface area contributed by atoms with Crippen LogP contribution in [0.5, 0.6) is 11.5 Å². The molecule has 1 aromatic heterocycles. The van der Waals surface area contributed by atoms with Gasteiger partial charge in [-0.15, -0.1) is 0 Å². The van der Waals surface area contributed by atoms with Gasteiger partial charge in [-0.05, 0) is 54.1 Å². The average molecular weight is 458 g/mol. The number of hydrogen-bond donors (Lipinski definition) is 1. The fourth-order valence-electron chi connectivity index (χ4n) is 3.68. The van der Waals surface area contributed by atoms with Gasteiger partial charge >= 0.3 is 0 Å². The number of carbonyl (C=O) groups excluding carboxylic acids is 1. The summed E-state index contributed by atoms with van der Waals surface area (Å²) < 4.78 is 17.2. The summed E-state index contributed by atoms with van der Waals surface area (Å²) in [5.74, 6) is 0.769. The van der Waals surface area contributed by atoms with E-state index < -0.39 is 0 Å². The molecule has 0 spiro atoms. The quantitative estimate of drug-likeness (QED) is 0.296. The molecule has 0 saturated heterocycles. The molecule has 1 amide bonds. The molecule has 5 aromatic rings. The molecule has 4 aromatic carbocycles. The Bertz CT molecular complexity index is 1460. The summed E-state index contributed by atoms with van der Waals surface area (Å²) in [6, 6.07) is 26.0. The van der Waals surface area contributed by atoms with E-state index in [0.717, 1.165) is 27.5 Å². The standard InChI is InChI=1S/C27H20ClNO4/c1-31-26-14-18(8-13-24(26)32-16-17-6-9-19(28)10-7-17)27(30)29-20-11-12-22-21-4-2-3-5-23(21)33-25(22)15-20/h2-15H,16H2,1H3,(H,29,30). The second-order valence-electron chi connectivity index (χ2n) is 7.54. The Labute approximate surface area is 195 Å². The van der Waals surface area contributed by atoms with Crippen molar-refractivity contribution in [2.75, 3.05) is 12.4 Å². The highest BCUT2D eigenvalue weighted by Crippen LogP contribution is 2.32. The molecule has 33 heavy (non-hydrogen) atoms. The molecule has 0 fully saturated rings. The van der Waals surface area contributed by atoms with E-state index in [1.54, 1.807) is 25.3 Å². The van der Waals surface area contributed by atoms with Gasteiger partial charge < -0.3 is 19.2 Å². The number of furan rings is 1. The van der Waals surface area contributed by atoms with E-state index in [1.165, 1.54) is 0 Å². The average Bonchev–Trinajstić information content (AvgIpc) is 3.21. The molecule has 1 heterocycles. The topological polar surface area (TPSA) is 60.7 Å². The minimum absolute atomic E-state index is 0.256. The van der Waals surface area contributed by atoms with Gasteiger partial charge in [0.25, 0.3) is 5.91 Å². The lowest BCUT2D eigenvalue weighted by Crippen LogP contribution is -2.12. The van der Waals surface area contributed by atoms with E-state index in [9.17, 15) is 4.79 Å². The van der Waals surface area contributed by atoms with Crippen LogP contribution in [0.4, 0.5) is 5.69 Å². The first kappa shape index (κ1) is 20.9. The molecule has 0 radical (unpaired) electrons. The number of hydrogen-bond acceptors (Lipinski definition) is 4. The molecule has 0 aliphatic carbocycles. The molecule has 6 heteroatoms. The number of fused-ring (bicyclic) bond motifs is 3. The maximum Gasteiger partial charge on any atom is 0.255 e. The Hall–Kier alpha value is -3.96. The molecule has 0 aliphatic heterocycles. The van der Waals surface area contributed by atoms with Crippen LogP contribution in [0.1, 0.15) is 15.9 Å². The minimum Gasteiger partial charge on any atom is -0.493 e. The Morgan fingerprint density at radius 1 is 0.879 bits per heavy atom. The summed E-state index contributed by atoms with van der Waals surface area (Å²) in [5, 5.41) is 5.65. The van der Waals surface area contributed by atoms with Crippen LogP contribution in [0, 0.1) is 0 Å². The Kier molecular flexibility index (Phi) is 5.63.